The summed E-state index contributed by atoms with van der Waals surface area (Å²) in [6.45, 7) is -1.68. The fourth-order valence-electron chi connectivity index (χ4n) is 2.88. The lowest BCUT2D eigenvalue weighted by atomic mass is 10.00. The summed E-state index contributed by atoms with van der Waals surface area (Å²) in [5.74, 6) is -1.48. The number of ether oxygens (including phenoxy) is 1. The van der Waals surface area contributed by atoms with Crippen molar-refractivity contribution in [1.82, 2.24) is 25.0 Å². The topological polar surface area (TPSA) is 312 Å². The highest BCUT2D eigenvalue weighted by molar-refractivity contribution is 7.66. The van der Waals surface area contributed by atoms with Crippen LogP contribution >= 0.6 is 23.5 Å². The Kier molecular flexibility index (Phi) is 7.24. The van der Waals surface area contributed by atoms with E-state index in [0.717, 1.165) is 4.68 Å². The van der Waals surface area contributed by atoms with Gasteiger partial charge in [-0.1, -0.05) is 5.21 Å². The normalized spacial score (nSPS) is 27.5. The maximum absolute atomic E-state index is 11.9. The number of aliphatic hydroxyl groups excluding tert-OH is 2. The van der Waals surface area contributed by atoms with Gasteiger partial charge < -0.3 is 40.3 Å². The standard InChI is InChI=1S/C10H17N6O14P3/c11-10-12-7-5(8(19)13-10)14-15-16(7)9-6(18)3(1-17)4(28-9)2-27-32(23,24)30-33(25,26)29-31(20,21)22/h3-4,6,9,17-18H,1-2H2,(H,23,24)(H,25,26)(H2,20,21,22)(H3,11,12,13,19)/t3-,4-,6-,9-/m1/s1. The van der Waals surface area contributed by atoms with Gasteiger partial charge in [-0.25, -0.2) is 13.7 Å². The molecule has 0 aliphatic carbocycles. The zero-order valence-corrected chi connectivity index (χ0v) is 18.6. The van der Waals surface area contributed by atoms with Crippen LogP contribution in [0.1, 0.15) is 6.23 Å². The first-order chi connectivity index (χ1) is 15.1. The summed E-state index contributed by atoms with van der Waals surface area (Å²) in [6, 6.07) is 0. The van der Waals surface area contributed by atoms with Crippen molar-refractivity contribution >= 4 is 40.6 Å². The average Bonchev–Trinajstić information content (AvgIpc) is 3.17. The maximum atomic E-state index is 11.9. The van der Waals surface area contributed by atoms with E-state index in [4.69, 9.17) is 25.2 Å². The summed E-state index contributed by atoms with van der Waals surface area (Å²) in [5, 5.41) is 27.3. The molecule has 0 bridgehead atoms. The minimum Gasteiger partial charge on any atom is -0.396 e. The zero-order chi connectivity index (χ0) is 24.8. The second kappa shape index (κ2) is 9.20. The number of anilines is 1. The van der Waals surface area contributed by atoms with Gasteiger partial charge in [-0.2, -0.15) is 18.3 Å². The van der Waals surface area contributed by atoms with Crippen molar-refractivity contribution in [3.8, 4) is 0 Å². The van der Waals surface area contributed by atoms with Gasteiger partial charge in [-0.15, -0.1) is 5.10 Å². The molecule has 3 rings (SSSR count). The van der Waals surface area contributed by atoms with Crippen LogP contribution in [0.4, 0.5) is 5.95 Å². The predicted molar refractivity (Wildman–Crippen MR) is 101 cm³/mol. The van der Waals surface area contributed by atoms with Gasteiger partial charge in [-0.05, 0) is 0 Å². The highest BCUT2D eigenvalue weighted by atomic mass is 31.3. The van der Waals surface area contributed by atoms with Crippen LogP contribution in [0.5, 0.6) is 0 Å². The number of phosphoric acid groups is 3. The van der Waals surface area contributed by atoms with Gasteiger partial charge in [0.25, 0.3) is 5.56 Å². The number of nitrogens with zero attached hydrogens (tertiary/aromatic N) is 4. The van der Waals surface area contributed by atoms with Gasteiger partial charge in [0, 0.05) is 5.92 Å². The summed E-state index contributed by atoms with van der Waals surface area (Å²) in [7, 11) is -16.8. The Labute approximate surface area is 181 Å². The van der Waals surface area contributed by atoms with E-state index in [1.807, 2.05) is 0 Å². The Hall–Kier alpha value is -1.63. The van der Waals surface area contributed by atoms with E-state index in [0.29, 0.717) is 0 Å². The summed E-state index contributed by atoms with van der Waals surface area (Å²) in [5.41, 5.74) is 4.30. The van der Waals surface area contributed by atoms with Gasteiger partial charge >= 0.3 is 23.5 Å². The smallest absolute Gasteiger partial charge is 0.396 e. The number of phosphoric ester groups is 1. The second-order valence-corrected chi connectivity index (χ2v) is 10.9. The average molecular weight is 538 g/mol. The third kappa shape index (κ3) is 6.09. The van der Waals surface area contributed by atoms with E-state index >= 15 is 0 Å². The third-order valence-electron chi connectivity index (χ3n) is 4.15. The summed E-state index contributed by atoms with van der Waals surface area (Å²) >= 11 is 0. The molecule has 1 aliphatic heterocycles. The quantitative estimate of drug-likeness (QED) is 0.151. The molecule has 0 spiro atoms. The van der Waals surface area contributed by atoms with E-state index in [2.05, 4.69) is 33.4 Å². The number of rotatable bonds is 9. The van der Waals surface area contributed by atoms with Gasteiger partial charge in [0.05, 0.1) is 19.3 Å². The molecule has 1 fully saturated rings. The van der Waals surface area contributed by atoms with Crippen molar-refractivity contribution in [2.75, 3.05) is 18.9 Å². The molecule has 0 amide bonds. The molecule has 20 nitrogen and oxygen atoms in total. The van der Waals surface area contributed by atoms with Crippen LogP contribution in [-0.2, 0) is 31.6 Å². The molecule has 0 saturated carbocycles. The van der Waals surface area contributed by atoms with Crippen molar-refractivity contribution in [3.05, 3.63) is 10.4 Å². The lowest BCUT2D eigenvalue weighted by Crippen LogP contribution is -2.31. The molecule has 1 saturated heterocycles. The van der Waals surface area contributed by atoms with Crippen molar-refractivity contribution in [3.63, 3.8) is 0 Å². The fourth-order valence-corrected chi connectivity index (χ4v) is 5.91. The Morgan fingerprint density at radius 1 is 1.15 bits per heavy atom. The van der Waals surface area contributed by atoms with Crippen LogP contribution in [0.3, 0.4) is 0 Å². The number of H-pyrrole nitrogens is 1. The number of aromatic amines is 1. The van der Waals surface area contributed by atoms with E-state index < -0.39 is 66.6 Å². The van der Waals surface area contributed by atoms with Crippen LogP contribution in [-0.4, -0.2) is 80.2 Å². The zero-order valence-electron chi connectivity index (χ0n) is 15.9. The number of hydrogen-bond donors (Lipinski definition) is 8. The van der Waals surface area contributed by atoms with Crippen molar-refractivity contribution in [2.45, 2.75) is 18.4 Å². The van der Waals surface area contributed by atoms with Crippen LogP contribution in [0.2, 0.25) is 0 Å². The first-order valence-corrected chi connectivity index (χ1v) is 13.0. The Morgan fingerprint density at radius 2 is 1.82 bits per heavy atom. The molecule has 9 N–H and O–H groups in total. The first kappa shape index (κ1) is 26.0. The number of hydrogen-bond acceptors (Lipinski definition) is 14. The largest absolute Gasteiger partial charge is 0.490 e. The minimum absolute atomic E-state index is 0.189. The number of fused-ring (bicyclic) bond motifs is 1. The fraction of sp³-hybridized carbons (Fsp3) is 0.600. The third-order valence-corrected chi connectivity index (χ3v) is 7.95. The van der Waals surface area contributed by atoms with Crippen LogP contribution in [0.25, 0.3) is 11.2 Å². The Bertz CT molecular complexity index is 1230. The van der Waals surface area contributed by atoms with Crippen molar-refractivity contribution < 1.29 is 61.4 Å². The molecular weight excluding hydrogens is 521 g/mol. The predicted octanol–water partition coefficient (Wildman–Crippen LogP) is -2.69. The molecule has 2 unspecified atom stereocenters. The molecule has 6 atom stereocenters. The van der Waals surface area contributed by atoms with Gasteiger partial charge in [0.2, 0.25) is 5.95 Å². The number of aliphatic hydroxyl groups is 2. The molecule has 1 aliphatic rings. The van der Waals surface area contributed by atoms with Gasteiger partial charge in [0.15, 0.2) is 17.4 Å². The number of nitrogens with one attached hydrogen (secondary N) is 1. The molecule has 2 aromatic rings. The monoisotopic (exact) mass is 538 g/mol. The van der Waals surface area contributed by atoms with Crippen molar-refractivity contribution in [2.24, 2.45) is 5.92 Å². The molecular formula is C10H17N6O14P3. The molecule has 0 aromatic carbocycles. The molecule has 0 radical (unpaired) electrons. The molecule has 23 heteroatoms. The summed E-state index contributed by atoms with van der Waals surface area (Å²) in [6.07, 6.45) is -4.34. The molecule has 2 aromatic heterocycles. The molecule has 33 heavy (non-hydrogen) atoms. The van der Waals surface area contributed by atoms with Gasteiger partial charge in [-0.3, -0.25) is 14.3 Å². The summed E-state index contributed by atoms with van der Waals surface area (Å²) < 4.78 is 51.9. The van der Waals surface area contributed by atoms with Crippen LogP contribution < -0.4 is 11.3 Å². The van der Waals surface area contributed by atoms with E-state index in [1.165, 1.54) is 0 Å². The maximum Gasteiger partial charge on any atom is 0.490 e. The van der Waals surface area contributed by atoms with Crippen LogP contribution in [0, 0.1) is 5.92 Å². The lowest BCUT2D eigenvalue weighted by Gasteiger charge is -2.20. The SMILES string of the molecule is Nc1nc2c(nnn2[C@@H]2O[C@H](COP(=O)(O)OP(=O)(O)OP(=O)(O)O)[C@@H](CO)[C@H]2O)c(=O)[nH]1. The lowest BCUT2D eigenvalue weighted by molar-refractivity contribution is -0.0557. The van der Waals surface area contributed by atoms with Crippen molar-refractivity contribution in [1.29, 1.82) is 0 Å². The summed E-state index contributed by atoms with van der Waals surface area (Å²) in [4.78, 5) is 53.7. The van der Waals surface area contributed by atoms with Crippen LogP contribution in [0.15, 0.2) is 4.79 Å². The molecule has 186 valence electrons. The Balaban J connectivity index is 1.76. The van der Waals surface area contributed by atoms with Gasteiger partial charge in [0.1, 0.15) is 6.10 Å². The Morgan fingerprint density at radius 3 is 2.42 bits per heavy atom. The van der Waals surface area contributed by atoms with E-state index in [9.17, 15) is 33.6 Å². The first-order valence-electron chi connectivity index (χ1n) is 8.46. The molecule has 3 heterocycles. The highest BCUT2D eigenvalue weighted by Crippen LogP contribution is 2.66. The second-order valence-electron chi connectivity index (χ2n) is 6.45. The van der Waals surface area contributed by atoms with E-state index in [-0.39, 0.29) is 17.1 Å². The van der Waals surface area contributed by atoms with E-state index in [1.54, 1.807) is 0 Å². The minimum atomic E-state index is -5.74. The number of aromatic nitrogens is 5. The highest BCUT2D eigenvalue weighted by Gasteiger charge is 2.47. The number of nitrogens with two attached hydrogens (primary N) is 1. The number of nitrogen functional groups attached to an aromatic ring is 1.